The normalized spacial score (nSPS) is 16.7. The molecule has 1 aliphatic rings. The van der Waals surface area contributed by atoms with Gasteiger partial charge in [-0.3, -0.25) is 9.67 Å². The number of likely N-dealkylation sites (tertiary alicyclic amines) is 1. The molecule has 0 aliphatic carbocycles. The largest absolute Gasteiger partial charge is 0.457 e. The standard InChI is InChI=1S/C23H26FN5O/c1-25-23(29-12-11-18(16-29)19-14-27-28(2)15-19)26-13-17-3-7-21(8-4-17)30-22-9-5-20(24)6-10-22/h3-10,14-15,18H,11-13,16H2,1-2H3,(H,25,26). The summed E-state index contributed by atoms with van der Waals surface area (Å²) >= 11 is 0. The van der Waals surface area contributed by atoms with Gasteiger partial charge in [-0.1, -0.05) is 12.1 Å². The number of benzene rings is 2. The molecule has 1 N–H and O–H groups in total. The van der Waals surface area contributed by atoms with Gasteiger partial charge in [0.25, 0.3) is 0 Å². The van der Waals surface area contributed by atoms with E-state index < -0.39 is 0 Å². The topological polar surface area (TPSA) is 54.7 Å². The van der Waals surface area contributed by atoms with Gasteiger partial charge in [-0.2, -0.15) is 5.10 Å². The zero-order valence-corrected chi connectivity index (χ0v) is 17.3. The molecule has 3 aromatic rings. The molecule has 2 aromatic carbocycles. The van der Waals surface area contributed by atoms with Crippen LogP contribution in [0.5, 0.6) is 11.5 Å². The van der Waals surface area contributed by atoms with Gasteiger partial charge in [-0.25, -0.2) is 4.39 Å². The summed E-state index contributed by atoms with van der Waals surface area (Å²) in [6.07, 6.45) is 5.15. The molecule has 0 spiro atoms. The van der Waals surface area contributed by atoms with Gasteiger partial charge in [0.2, 0.25) is 0 Å². The number of rotatable bonds is 5. The van der Waals surface area contributed by atoms with E-state index in [1.807, 2.05) is 49.2 Å². The molecule has 2 heterocycles. The van der Waals surface area contributed by atoms with E-state index in [0.29, 0.717) is 24.0 Å². The molecule has 6 nitrogen and oxygen atoms in total. The Morgan fingerprint density at radius 3 is 2.50 bits per heavy atom. The summed E-state index contributed by atoms with van der Waals surface area (Å²) in [6, 6.07) is 13.9. The summed E-state index contributed by atoms with van der Waals surface area (Å²) in [5, 5.41) is 7.74. The Kier molecular flexibility index (Phi) is 5.97. The molecular weight excluding hydrogens is 381 g/mol. The highest BCUT2D eigenvalue weighted by atomic mass is 19.1. The van der Waals surface area contributed by atoms with Gasteiger partial charge in [0, 0.05) is 45.8 Å². The maximum atomic E-state index is 13.0. The van der Waals surface area contributed by atoms with Crippen LogP contribution in [0.1, 0.15) is 23.5 Å². The SMILES string of the molecule is CN=C(NCc1ccc(Oc2ccc(F)cc2)cc1)N1CCC(c2cnn(C)c2)C1. The predicted octanol–water partition coefficient (Wildman–Crippen LogP) is 3.92. The van der Waals surface area contributed by atoms with Crippen LogP contribution in [0.2, 0.25) is 0 Å². The molecule has 0 radical (unpaired) electrons. The number of hydrogen-bond donors (Lipinski definition) is 1. The Hall–Kier alpha value is -3.35. The first-order chi connectivity index (χ1) is 14.6. The quantitative estimate of drug-likeness (QED) is 0.515. The number of aromatic nitrogens is 2. The van der Waals surface area contributed by atoms with Crippen molar-refractivity contribution in [2.24, 2.45) is 12.0 Å². The molecule has 0 saturated carbocycles. The summed E-state index contributed by atoms with van der Waals surface area (Å²) in [6.45, 7) is 2.59. The maximum absolute atomic E-state index is 13.0. The molecule has 0 bridgehead atoms. The van der Waals surface area contributed by atoms with E-state index in [1.165, 1.54) is 17.7 Å². The van der Waals surface area contributed by atoms with Crippen molar-refractivity contribution in [3.8, 4) is 11.5 Å². The van der Waals surface area contributed by atoms with Crippen LogP contribution in [0, 0.1) is 5.82 Å². The first-order valence-electron chi connectivity index (χ1n) is 10.1. The van der Waals surface area contributed by atoms with Crippen LogP contribution in [0.4, 0.5) is 4.39 Å². The third-order valence-electron chi connectivity index (χ3n) is 5.32. The Morgan fingerprint density at radius 2 is 1.87 bits per heavy atom. The van der Waals surface area contributed by atoms with E-state index in [9.17, 15) is 4.39 Å². The minimum absolute atomic E-state index is 0.276. The van der Waals surface area contributed by atoms with Crippen LogP contribution in [0.25, 0.3) is 0 Å². The Balaban J connectivity index is 1.30. The number of nitrogens with one attached hydrogen (secondary N) is 1. The zero-order valence-electron chi connectivity index (χ0n) is 17.3. The van der Waals surface area contributed by atoms with Crippen LogP contribution in [0.3, 0.4) is 0 Å². The third-order valence-corrected chi connectivity index (χ3v) is 5.32. The third kappa shape index (κ3) is 4.79. The molecule has 1 aliphatic heterocycles. The van der Waals surface area contributed by atoms with Crippen LogP contribution in [-0.4, -0.2) is 40.8 Å². The van der Waals surface area contributed by atoms with Crippen molar-refractivity contribution in [1.29, 1.82) is 0 Å². The molecule has 30 heavy (non-hydrogen) atoms. The summed E-state index contributed by atoms with van der Waals surface area (Å²) in [5.41, 5.74) is 2.41. The van der Waals surface area contributed by atoms with E-state index in [-0.39, 0.29) is 5.82 Å². The second kappa shape index (κ2) is 8.98. The number of ether oxygens (including phenoxy) is 1. The Labute approximate surface area is 176 Å². The summed E-state index contributed by atoms with van der Waals surface area (Å²) < 4.78 is 20.6. The van der Waals surface area contributed by atoms with Crippen molar-refractivity contribution in [2.45, 2.75) is 18.9 Å². The lowest BCUT2D eigenvalue weighted by atomic mass is 10.0. The van der Waals surface area contributed by atoms with Gasteiger partial charge in [0.15, 0.2) is 5.96 Å². The number of guanidine groups is 1. The number of aliphatic imine (C=N–C) groups is 1. The zero-order chi connectivity index (χ0) is 20.9. The number of nitrogens with zero attached hydrogens (tertiary/aromatic N) is 4. The van der Waals surface area contributed by atoms with Gasteiger partial charge >= 0.3 is 0 Å². The van der Waals surface area contributed by atoms with Crippen molar-refractivity contribution < 1.29 is 9.13 Å². The molecule has 1 unspecified atom stereocenters. The van der Waals surface area contributed by atoms with E-state index in [1.54, 1.807) is 12.1 Å². The fourth-order valence-electron chi connectivity index (χ4n) is 3.70. The van der Waals surface area contributed by atoms with Crippen molar-refractivity contribution in [3.05, 3.63) is 77.9 Å². The molecule has 1 atom stereocenters. The minimum Gasteiger partial charge on any atom is -0.457 e. The summed E-state index contributed by atoms with van der Waals surface area (Å²) in [4.78, 5) is 6.75. The molecule has 1 aromatic heterocycles. The van der Waals surface area contributed by atoms with Crippen LogP contribution in [-0.2, 0) is 13.6 Å². The molecule has 0 amide bonds. The lowest BCUT2D eigenvalue weighted by molar-refractivity contribution is 0.479. The predicted molar refractivity (Wildman–Crippen MR) is 115 cm³/mol. The minimum atomic E-state index is -0.276. The lowest BCUT2D eigenvalue weighted by Gasteiger charge is -2.21. The average Bonchev–Trinajstić information content (AvgIpc) is 3.41. The highest BCUT2D eigenvalue weighted by Crippen LogP contribution is 2.27. The number of halogens is 1. The van der Waals surface area contributed by atoms with Crippen molar-refractivity contribution in [2.75, 3.05) is 20.1 Å². The summed E-state index contributed by atoms with van der Waals surface area (Å²) in [5.74, 6) is 2.45. The van der Waals surface area contributed by atoms with Crippen LogP contribution < -0.4 is 10.1 Å². The first kappa shape index (κ1) is 19.9. The molecular formula is C23H26FN5O. The van der Waals surface area contributed by atoms with Gasteiger partial charge in [0.1, 0.15) is 17.3 Å². The fourth-order valence-corrected chi connectivity index (χ4v) is 3.70. The van der Waals surface area contributed by atoms with E-state index in [4.69, 9.17) is 4.74 Å². The van der Waals surface area contributed by atoms with Gasteiger partial charge in [-0.05, 0) is 53.9 Å². The van der Waals surface area contributed by atoms with Gasteiger partial charge in [0.05, 0.1) is 6.20 Å². The van der Waals surface area contributed by atoms with E-state index in [2.05, 4.69) is 26.5 Å². The van der Waals surface area contributed by atoms with Crippen LogP contribution in [0.15, 0.2) is 65.9 Å². The van der Waals surface area contributed by atoms with Crippen molar-refractivity contribution in [1.82, 2.24) is 20.0 Å². The molecule has 1 saturated heterocycles. The highest BCUT2D eigenvalue weighted by molar-refractivity contribution is 5.80. The summed E-state index contributed by atoms with van der Waals surface area (Å²) in [7, 11) is 3.77. The van der Waals surface area contributed by atoms with Crippen LogP contribution >= 0.6 is 0 Å². The maximum Gasteiger partial charge on any atom is 0.193 e. The van der Waals surface area contributed by atoms with Gasteiger partial charge in [-0.15, -0.1) is 0 Å². The second-order valence-electron chi connectivity index (χ2n) is 7.48. The highest BCUT2D eigenvalue weighted by Gasteiger charge is 2.26. The molecule has 1 fully saturated rings. The lowest BCUT2D eigenvalue weighted by Crippen LogP contribution is -2.39. The monoisotopic (exact) mass is 407 g/mol. The van der Waals surface area contributed by atoms with Gasteiger partial charge < -0.3 is 15.0 Å². The second-order valence-corrected chi connectivity index (χ2v) is 7.48. The van der Waals surface area contributed by atoms with Crippen molar-refractivity contribution >= 4 is 5.96 Å². The average molecular weight is 407 g/mol. The molecule has 4 rings (SSSR count). The Morgan fingerprint density at radius 1 is 1.17 bits per heavy atom. The number of aryl methyl sites for hydroxylation is 1. The van der Waals surface area contributed by atoms with E-state index in [0.717, 1.165) is 31.0 Å². The number of hydrogen-bond acceptors (Lipinski definition) is 3. The first-order valence-corrected chi connectivity index (χ1v) is 10.1. The Bertz CT molecular complexity index is 997. The fraction of sp³-hybridized carbons (Fsp3) is 0.304. The van der Waals surface area contributed by atoms with E-state index >= 15 is 0 Å². The molecule has 156 valence electrons. The van der Waals surface area contributed by atoms with Crippen molar-refractivity contribution in [3.63, 3.8) is 0 Å². The molecule has 7 heteroatoms. The smallest absolute Gasteiger partial charge is 0.193 e.